The van der Waals surface area contributed by atoms with E-state index in [1.165, 1.54) is 0 Å². The van der Waals surface area contributed by atoms with Crippen molar-refractivity contribution in [1.29, 1.82) is 0 Å². The fourth-order valence-corrected chi connectivity index (χ4v) is 2.90. The molecule has 2 N–H and O–H groups in total. The first-order valence-electron chi connectivity index (χ1n) is 7.26. The molecule has 2 atom stereocenters. The van der Waals surface area contributed by atoms with Crippen LogP contribution in [-0.4, -0.2) is 24.1 Å². The Morgan fingerprint density at radius 3 is 2.57 bits per heavy atom. The topological polar surface area (TPSA) is 75.6 Å². The van der Waals surface area contributed by atoms with E-state index in [1.807, 2.05) is 24.3 Å². The van der Waals surface area contributed by atoms with Gasteiger partial charge in [0.2, 0.25) is 5.91 Å². The van der Waals surface area contributed by atoms with Crippen LogP contribution in [0, 0.1) is 11.8 Å². The molecule has 0 spiro atoms. The first kappa shape index (κ1) is 15.4. The lowest BCUT2D eigenvalue weighted by Gasteiger charge is -2.27. The maximum Gasteiger partial charge on any atom is 0.307 e. The van der Waals surface area contributed by atoms with Crippen LogP contribution in [0.15, 0.2) is 24.3 Å². The van der Waals surface area contributed by atoms with Gasteiger partial charge in [-0.25, -0.2) is 0 Å². The highest BCUT2D eigenvalue weighted by Crippen LogP contribution is 2.30. The zero-order chi connectivity index (χ0) is 15.2. The average molecular weight is 291 g/mol. The molecule has 1 aliphatic carbocycles. The van der Waals surface area contributed by atoms with Gasteiger partial charge >= 0.3 is 5.97 Å². The molecule has 1 aromatic rings. The van der Waals surface area contributed by atoms with Crippen molar-refractivity contribution in [2.24, 2.45) is 11.8 Å². The molecule has 1 aromatic carbocycles. The third-order valence-electron chi connectivity index (χ3n) is 4.07. The molecule has 21 heavy (non-hydrogen) atoms. The molecule has 0 radical (unpaired) electrons. The van der Waals surface area contributed by atoms with E-state index in [1.54, 1.807) is 7.11 Å². The Hall–Kier alpha value is -2.04. The van der Waals surface area contributed by atoms with Gasteiger partial charge in [0, 0.05) is 12.1 Å². The van der Waals surface area contributed by atoms with Crippen LogP contribution in [-0.2, 0) is 16.1 Å². The van der Waals surface area contributed by atoms with Crippen LogP contribution in [0.4, 0.5) is 0 Å². The van der Waals surface area contributed by atoms with E-state index in [-0.39, 0.29) is 5.91 Å². The predicted molar refractivity (Wildman–Crippen MR) is 77.9 cm³/mol. The van der Waals surface area contributed by atoms with Gasteiger partial charge in [-0.05, 0) is 18.9 Å². The summed E-state index contributed by atoms with van der Waals surface area (Å²) in [6, 6.07) is 7.47. The van der Waals surface area contributed by atoms with Crippen LogP contribution >= 0.6 is 0 Å². The lowest BCUT2D eigenvalue weighted by molar-refractivity contribution is -0.148. The minimum Gasteiger partial charge on any atom is -0.496 e. The number of ether oxygens (including phenoxy) is 1. The first-order valence-corrected chi connectivity index (χ1v) is 7.26. The molecule has 0 aliphatic heterocycles. The normalized spacial score (nSPS) is 21.6. The van der Waals surface area contributed by atoms with Crippen molar-refractivity contribution < 1.29 is 19.4 Å². The summed E-state index contributed by atoms with van der Waals surface area (Å²) in [5.74, 6) is -1.31. The molecule has 1 fully saturated rings. The summed E-state index contributed by atoms with van der Waals surface area (Å²) in [5.41, 5.74) is 0.885. The first-order chi connectivity index (χ1) is 10.1. The highest BCUT2D eigenvalue weighted by Gasteiger charge is 2.35. The van der Waals surface area contributed by atoms with Crippen molar-refractivity contribution >= 4 is 11.9 Å². The molecule has 0 bridgehead atoms. The third kappa shape index (κ3) is 3.74. The van der Waals surface area contributed by atoms with Crippen LogP contribution in [0.3, 0.4) is 0 Å². The molecule has 2 rings (SSSR count). The number of amides is 1. The number of nitrogens with one attached hydrogen (secondary N) is 1. The Morgan fingerprint density at radius 1 is 1.24 bits per heavy atom. The summed E-state index contributed by atoms with van der Waals surface area (Å²) >= 11 is 0. The fraction of sp³-hybridized carbons (Fsp3) is 0.500. The van der Waals surface area contributed by atoms with E-state index in [2.05, 4.69) is 5.32 Å². The average Bonchev–Trinajstić information content (AvgIpc) is 2.52. The molecule has 5 heteroatoms. The number of aliphatic carboxylic acids is 1. The van der Waals surface area contributed by atoms with Crippen LogP contribution in [0.25, 0.3) is 0 Å². The van der Waals surface area contributed by atoms with Gasteiger partial charge in [-0.2, -0.15) is 0 Å². The van der Waals surface area contributed by atoms with Crippen LogP contribution in [0.5, 0.6) is 5.75 Å². The molecular formula is C16H21NO4. The summed E-state index contributed by atoms with van der Waals surface area (Å²) < 4.78 is 5.24. The number of methoxy groups -OCH3 is 1. The second-order valence-electron chi connectivity index (χ2n) is 5.37. The van der Waals surface area contributed by atoms with Crippen LogP contribution in [0.1, 0.15) is 31.2 Å². The van der Waals surface area contributed by atoms with Crippen molar-refractivity contribution in [1.82, 2.24) is 5.32 Å². The Labute approximate surface area is 124 Å². The fourth-order valence-electron chi connectivity index (χ4n) is 2.90. The monoisotopic (exact) mass is 291 g/mol. The highest BCUT2D eigenvalue weighted by molar-refractivity contribution is 5.84. The predicted octanol–water partition coefficient (Wildman–Crippen LogP) is 2.20. The third-order valence-corrected chi connectivity index (χ3v) is 4.07. The number of carboxylic acid groups (broad SMARTS) is 1. The number of rotatable bonds is 5. The minimum absolute atomic E-state index is 0.173. The molecule has 114 valence electrons. The van der Waals surface area contributed by atoms with Crippen molar-refractivity contribution in [2.75, 3.05) is 7.11 Å². The van der Waals surface area contributed by atoms with E-state index < -0.39 is 17.8 Å². The van der Waals surface area contributed by atoms with Crippen LogP contribution < -0.4 is 10.1 Å². The molecule has 0 saturated heterocycles. The largest absolute Gasteiger partial charge is 0.496 e. The quantitative estimate of drug-likeness (QED) is 0.872. The number of hydrogen-bond donors (Lipinski definition) is 2. The maximum absolute atomic E-state index is 12.3. The highest BCUT2D eigenvalue weighted by atomic mass is 16.5. The SMILES string of the molecule is COc1ccccc1CNC(=O)[C@@H]1CCCC[C@@H]1C(=O)O. The van der Waals surface area contributed by atoms with Crippen molar-refractivity contribution in [3.05, 3.63) is 29.8 Å². The zero-order valence-electron chi connectivity index (χ0n) is 12.2. The van der Waals surface area contributed by atoms with Gasteiger partial charge in [-0.15, -0.1) is 0 Å². The molecule has 0 heterocycles. The summed E-state index contributed by atoms with van der Waals surface area (Å²) in [5, 5.41) is 12.1. The summed E-state index contributed by atoms with van der Waals surface area (Å²) in [6.45, 7) is 0.353. The van der Waals surface area contributed by atoms with Crippen molar-refractivity contribution in [3.8, 4) is 5.75 Å². The molecular weight excluding hydrogens is 270 g/mol. The molecule has 0 unspecified atom stereocenters. The van der Waals surface area contributed by atoms with Gasteiger partial charge in [0.1, 0.15) is 5.75 Å². The lowest BCUT2D eigenvalue weighted by Crippen LogP contribution is -2.39. The number of hydrogen-bond acceptors (Lipinski definition) is 3. The van der Waals surface area contributed by atoms with E-state index >= 15 is 0 Å². The van der Waals surface area contributed by atoms with Gasteiger partial charge in [0.05, 0.1) is 18.9 Å². The number of benzene rings is 1. The zero-order valence-corrected chi connectivity index (χ0v) is 12.2. The Kier molecular flexibility index (Phi) is 5.20. The number of carbonyl (C=O) groups is 2. The summed E-state index contributed by atoms with van der Waals surface area (Å²) in [4.78, 5) is 23.5. The van der Waals surface area contributed by atoms with Crippen molar-refractivity contribution in [2.45, 2.75) is 32.2 Å². The van der Waals surface area contributed by atoms with Crippen molar-refractivity contribution in [3.63, 3.8) is 0 Å². The Bertz CT molecular complexity index is 515. The van der Waals surface area contributed by atoms with E-state index in [0.29, 0.717) is 19.4 Å². The maximum atomic E-state index is 12.3. The smallest absolute Gasteiger partial charge is 0.307 e. The summed E-state index contributed by atoms with van der Waals surface area (Å²) in [6.07, 6.45) is 3.03. The lowest BCUT2D eigenvalue weighted by atomic mass is 9.78. The van der Waals surface area contributed by atoms with Crippen LogP contribution in [0.2, 0.25) is 0 Å². The summed E-state index contributed by atoms with van der Waals surface area (Å²) in [7, 11) is 1.59. The molecule has 1 amide bonds. The van der Waals surface area contributed by atoms with Gasteiger partial charge in [0.15, 0.2) is 0 Å². The molecule has 1 aliphatic rings. The van der Waals surface area contributed by atoms with Gasteiger partial charge in [0.25, 0.3) is 0 Å². The number of carboxylic acids is 1. The molecule has 0 aromatic heterocycles. The van der Waals surface area contributed by atoms with E-state index in [4.69, 9.17) is 4.74 Å². The number of carbonyl (C=O) groups excluding carboxylic acids is 1. The van der Waals surface area contributed by atoms with Gasteiger partial charge < -0.3 is 15.2 Å². The Balaban J connectivity index is 1.99. The Morgan fingerprint density at radius 2 is 1.90 bits per heavy atom. The second kappa shape index (κ2) is 7.11. The molecule has 5 nitrogen and oxygen atoms in total. The standard InChI is InChI=1S/C16H21NO4/c1-21-14-9-5-2-6-11(14)10-17-15(18)12-7-3-4-8-13(12)16(19)20/h2,5-6,9,12-13H,3-4,7-8,10H2,1H3,(H,17,18)(H,19,20)/t12-,13+/m1/s1. The minimum atomic E-state index is -0.868. The van der Waals surface area contributed by atoms with E-state index in [9.17, 15) is 14.7 Å². The second-order valence-corrected chi connectivity index (χ2v) is 5.37. The molecule has 1 saturated carbocycles. The van der Waals surface area contributed by atoms with Gasteiger partial charge in [-0.3, -0.25) is 9.59 Å². The number of para-hydroxylation sites is 1. The van der Waals surface area contributed by atoms with Gasteiger partial charge in [-0.1, -0.05) is 31.0 Å². The van der Waals surface area contributed by atoms with E-state index in [0.717, 1.165) is 24.2 Å².